The van der Waals surface area contributed by atoms with Crippen LogP contribution in [0.1, 0.15) is 10.4 Å². The topological polar surface area (TPSA) is 29.1 Å². The van der Waals surface area contributed by atoms with E-state index in [0.29, 0.717) is 10.6 Å². The first kappa shape index (κ1) is 14.4. The maximum atomic E-state index is 12.1. The van der Waals surface area contributed by atoms with Crippen LogP contribution in [-0.4, -0.2) is 12.2 Å². The molecule has 5 heteroatoms. The SMILES string of the molecule is CSc1ccc(NC(=O)c2cc(Cl)cc(Br)c2)cc1. The molecule has 0 spiro atoms. The highest BCUT2D eigenvalue weighted by Crippen LogP contribution is 2.21. The van der Waals surface area contributed by atoms with Crippen molar-refractivity contribution in [3.8, 4) is 0 Å². The fourth-order valence-corrected chi connectivity index (χ4v) is 2.83. The molecule has 98 valence electrons. The monoisotopic (exact) mass is 355 g/mol. The largest absolute Gasteiger partial charge is 0.322 e. The average Bonchev–Trinajstić information content (AvgIpc) is 2.38. The third kappa shape index (κ3) is 4.00. The summed E-state index contributed by atoms with van der Waals surface area (Å²) in [7, 11) is 0. The number of benzene rings is 2. The van der Waals surface area contributed by atoms with Crippen molar-refractivity contribution in [2.75, 3.05) is 11.6 Å². The molecule has 0 fully saturated rings. The molecule has 1 N–H and O–H groups in total. The zero-order chi connectivity index (χ0) is 13.8. The van der Waals surface area contributed by atoms with Gasteiger partial charge in [-0.1, -0.05) is 27.5 Å². The van der Waals surface area contributed by atoms with E-state index in [2.05, 4.69) is 21.2 Å². The molecule has 0 heterocycles. The van der Waals surface area contributed by atoms with Crippen molar-refractivity contribution in [3.05, 3.63) is 57.5 Å². The summed E-state index contributed by atoms with van der Waals surface area (Å²) < 4.78 is 0.780. The summed E-state index contributed by atoms with van der Waals surface area (Å²) in [6, 6.07) is 12.8. The van der Waals surface area contributed by atoms with Crippen molar-refractivity contribution < 1.29 is 4.79 Å². The average molecular weight is 357 g/mol. The van der Waals surface area contributed by atoms with Crippen molar-refractivity contribution >= 4 is 50.9 Å². The highest BCUT2D eigenvalue weighted by Gasteiger charge is 2.08. The second kappa shape index (κ2) is 6.46. The number of carbonyl (C=O) groups excluding carboxylic acids is 1. The number of anilines is 1. The number of amides is 1. The Balaban J connectivity index is 2.15. The number of hydrogen-bond donors (Lipinski definition) is 1. The number of thioether (sulfide) groups is 1. The van der Waals surface area contributed by atoms with Crippen LogP contribution in [0.3, 0.4) is 0 Å². The summed E-state index contributed by atoms with van der Waals surface area (Å²) in [5.41, 5.74) is 1.28. The third-order valence-corrected chi connectivity index (χ3v) is 3.89. The second-order valence-corrected chi connectivity index (χ2v) is 6.07. The van der Waals surface area contributed by atoms with Crippen LogP contribution in [0, 0.1) is 0 Å². The van der Waals surface area contributed by atoms with E-state index in [1.807, 2.05) is 30.5 Å². The zero-order valence-corrected chi connectivity index (χ0v) is 13.3. The molecule has 0 radical (unpaired) electrons. The quantitative estimate of drug-likeness (QED) is 0.777. The van der Waals surface area contributed by atoms with E-state index < -0.39 is 0 Å². The van der Waals surface area contributed by atoms with Crippen LogP contribution in [0.5, 0.6) is 0 Å². The van der Waals surface area contributed by atoms with E-state index in [-0.39, 0.29) is 5.91 Å². The maximum absolute atomic E-state index is 12.1. The minimum absolute atomic E-state index is 0.180. The van der Waals surface area contributed by atoms with Crippen LogP contribution in [-0.2, 0) is 0 Å². The Labute approximate surface area is 129 Å². The van der Waals surface area contributed by atoms with Gasteiger partial charge in [0.05, 0.1) is 0 Å². The lowest BCUT2D eigenvalue weighted by Crippen LogP contribution is -2.11. The fraction of sp³-hybridized carbons (Fsp3) is 0.0714. The predicted molar refractivity (Wildman–Crippen MR) is 85.3 cm³/mol. The van der Waals surface area contributed by atoms with Gasteiger partial charge in [-0.05, 0) is 48.7 Å². The van der Waals surface area contributed by atoms with Gasteiger partial charge >= 0.3 is 0 Å². The summed E-state index contributed by atoms with van der Waals surface area (Å²) in [6.07, 6.45) is 2.01. The molecule has 0 aromatic heterocycles. The second-order valence-electron chi connectivity index (χ2n) is 3.84. The summed E-state index contributed by atoms with van der Waals surface area (Å²) in [5, 5.41) is 3.36. The molecule has 2 rings (SSSR count). The summed E-state index contributed by atoms with van der Waals surface area (Å²) in [4.78, 5) is 13.2. The molecule has 19 heavy (non-hydrogen) atoms. The van der Waals surface area contributed by atoms with Crippen LogP contribution < -0.4 is 5.32 Å². The van der Waals surface area contributed by atoms with Crippen LogP contribution in [0.2, 0.25) is 5.02 Å². The first-order chi connectivity index (χ1) is 9.08. The van der Waals surface area contributed by atoms with Gasteiger partial charge < -0.3 is 5.32 Å². The first-order valence-corrected chi connectivity index (χ1v) is 7.89. The lowest BCUT2D eigenvalue weighted by Gasteiger charge is -2.07. The molecule has 0 atom stereocenters. The molecule has 0 bridgehead atoms. The van der Waals surface area contributed by atoms with Crippen LogP contribution in [0.15, 0.2) is 51.8 Å². The normalized spacial score (nSPS) is 10.3. The minimum Gasteiger partial charge on any atom is -0.322 e. The van der Waals surface area contributed by atoms with Gasteiger partial charge in [-0.2, -0.15) is 0 Å². The highest BCUT2D eigenvalue weighted by molar-refractivity contribution is 9.10. The Hall–Kier alpha value is -0.970. The molecule has 2 aromatic rings. The summed E-state index contributed by atoms with van der Waals surface area (Å²) in [6.45, 7) is 0. The van der Waals surface area contributed by atoms with Crippen molar-refractivity contribution in [3.63, 3.8) is 0 Å². The van der Waals surface area contributed by atoms with Gasteiger partial charge in [-0.3, -0.25) is 4.79 Å². The zero-order valence-electron chi connectivity index (χ0n) is 10.1. The molecule has 2 nitrogen and oxygen atoms in total. The van der Waals surface area contributed by atoms with Crippen LogP contribution in [0.4, 0.5) is 5.69 Å². The number of halogens is 2. The van der Waals surface area contributed by atoms with Gasteiger partial charge in [-0.15, -0.1) is 11.8 Å². The van der Waals surface area contributed by atoms with Gasteiger partial charge in [0, 0.05) is 25.6 Å². The molecule has 0 unspecified atom stereocenters. The van der Waals surface area contributed by atoms with Gasteiger partial charge in [0.25, 0.3) is 5.91 Å². The fourth-order valence-electron chi connectivity index (χ4n) is 1.56. The smallest absolute Gasteiger partial charge is 0.255 e. The van der Waals surface area contributed by atoms with E-state index >= 15 is 0 Å². The molecule has 0 aliphatic carbocycles. The summed E-state index contributed by atoms with van der Waals surface area (Å²) >= 11 is 10.9. The van der Waals surface area contributed by atoms with Gasteiger partial charge in [0.1, 0.15) is 0 Å². The van der Waals surface area contributed by atoms with E-state index in [0.717, 1.165) is 15.1 Å². The van der Waals surface area contributed by atoms with Crippen LogP contribution in [0.25, 0.3) is 0 Å². The highest BCUT2D eigenvalue weighted by atomic mass is 79.9. The lowest BCUT2D eigenvalue weighted by atomic mass is 10.2. The van der Waals surface area contributed by atoms with Crippen molar-refractivity contribution in [2.45, 2.75) is 4.90 Å². The van der Waals surface area contributed by atoms with Gasteiger partial charge in [-0.25, -0.2) is 0 Å². The summed E-state index contributed by atoms with van der Waals surface area (Å²) in [5.74, 6) is -0.180. The van der Waals surface area contributed by atoms with Gasteiger partial charge in [0.2, 0.25) is 0 Å². The number of hydrogen-bond acceptors (Lipinski definition) is 2. The van der Waals surface area contributed by atoms with E-state index in [4.69, 9.17) is 11.6 Å². The van der Waals surface area contributed by atoms with Crippen molar-refractivity contribution in [2.24, 2.45) is 0 Å². The molecular formula is C14H11BrClNOS. The molecule has 1 amide bonds. The maximum Gasteiger partial charge on any atom is 0.255 e. The Kier molecular flexibility index (Phi) is 4.91. The number of nitrogens with one attached hydrogen (secondary N) is 1. The lowest BCUT2D eigenvalue weighted by molar-refractivity contribution is 0.102. The number of carbonyl (C=O) groups is 1. The minimum atomic E-state index is -0.180. The standard InChI is InChI=1S/C14H11BrClNOS/c1-19-13-4-2-12(3-5-13)17-14(18)9-6-10(15)8-11(16)7-9/h2-8H,1H3,(H,17,18). The Bertz CT molecular complexity index is 581. The number of rotatable bonds is 3. The Morgan fingerprint density at radius 3 is 2.47 bits per heavy atom. The van der Waals surface area contributed by atoms with Crippen molar-refractivity contribution in [1.82, 2.24) is 0 Å². The molecule has 0 aliphatic rings. The van der Waals surface area contributed by atoms with Crippen molar-refractivity contribution in [1.29, 1.82) is 0 Å². The Morgan fingerprint density at radius 1 is 1.21 bits per heavy atom. The van der Waals surface area contributed by atoms with E-state index in [1.165, 1.54) is 0 Å². The molecule has 0 aliphatic heterocycles. The first-order valence-electron chi connectivity index (χ1n) is 5.50. The predicted octanol–water partition coefficient (Wildman–Crippen LogP) is 5.08. The van der Waals surface area contributed by atoms with Crippen LogP contribution >= 0.6 is 39.3 Å². The van der Waals surface area contributed by atoms with Gasteiger partial charge in [0.15, 0.2) is 0 Å². The van der Waals surface area contributed by atoms with E-state index in [1.54, 1.807) is 30.0 Å². The van der Waals surface area contributed by atoms with E-state index in [9.17, 15) is 4.79 Å². The molecule has 0 saturated carbocycles. The Morgan fingerprint density at radius 2 is 1.89 bits per heavy atom. The third-order valence-electron chi connectivity index (χ3n) is 2.47. The molecular weight excluding hydrogens is 346 g/mol. The molecule has 2 aromatic carbocycles. The molecule has 0 saturated heterocycles.